The van der Waals surface area contributed by atoms with Crippen LogP contribution in [0.25, 0.3) is 0 Å². The van der Waals surface area contributed by atoms with Crippen LogP contribution in [0.4, 0.5) is 4.39 Å². The lowest BCUT2D eigenvalue weighted by molar-refractivity contribution is 0.578. The molecule has 0 aliphatic rings. The highest BCUT2D eigenvalue weighted by Crippen LogP contribution is 2.29. The molecule has 0 saturated heterocycles. The standard InChI is InChI=1S/C11H8FN2S/c1-8-4-2-3-5-10(8)15-11-9(12)6-13-7-14-11/h2-6H,1H3. The molecule has 0 unspecified atom stereocenters. The lowest BCUT2D eigenvalue weighted by atomic mass is 10.2. The minimum absolute atomic E-state index is 0.305. The van der Waals surface area contributed by atoms with Gasteiger partial charge in [0.25, 0.3) is 0 Å². The van der Waals surface area contributed by atoms with E-state index in [9.17, 15) is 4.39 Å². The van der Waals surface area contributed by atoms with Gasteiger partial charge in [0.2, 0.25) is 0 Å². The molecule has 1 heterocycles. The molecule has 1 radical (unpaired) electrons. The van der Waals surface area contributed by atoms with Crippen LogP contribution in [0, 0.1) is 19.1 Å². The fourth-order valence-corrected chi connectivity index (χ4v) is 1.94. The molecule has 0 amide bonds. The van der Waals surface area contributed by atoms with Gasteiger partial charge in [-0.25, -0.2) is 14.4 Å². The lowest BCUT2D eigenvalue weighted by Crippen LogP contribution is -1.89. The maximum absolute atomic E-state index is 13.2. The molecule has 2 nitrogen and oxygen atoms in total. The van der Waals surface area contributed by atoms with Crippen molar-refractivity contribution in [2.45, 2.75) is 16.8 Å². The zero-order chi connectivity index (χ0) is 10.7. The Bertz CT molecular complexity index is 430. The second-order valence-corrected chi connectivity index (χ2v) is 4.02. The zero-order valence-corrected chi connectivity index (χ0v) is 8.88. The first kappa shape index (κ1) is 10.1. The Morgan fingerprint density at radius 1 is 1.33 bits per heavy atom. The summed E-state index contributed by atoms with van der Waals surface area (Å²) in [5.41, 5.74) is 1.10. The van der Waals surface area contributed by atoms with Gasteiger partial charge in [0.05, 0.1) is 6.20 Å². The van der Waals surface area contributed by atoms with Gasteiger partial charge in [0, 0.05) is 4.90 Å². The molecular formula is C11H8FN2S. The minimum Gasteiger partial charge on any atom is -0.231 e. The molecule has 75 valence electrons. The van der Waals surface area contributed by atoms with Gasteiger partial charge in [0.15, 0.2) is 12.1 Å². The van der Waals surface area contributed by atoms with Gasteiger partial charge >= 0.3 is 0 Å². The molecule has 0 fully saturated rings. The van der Waals surface area contributed by atoms with Crippen molar-refractivity contribution in [3.05, 3.63) is 48.2 Å². The van der Waals surface area contributed by atoms with E-state index >= 15 is 0 Å². The third-order valence-corrected chi connectivity index (χ3v) is 3.05. The van der Waals surface area contributed by atoms with Crippen molar-refractivity contribution in [3.63, 3.8) is 0 Å². The van der Waals surface area contributed by atoms with Crippen LogP contribution in [0.3, 0.4) is 0 Å². The summed E-state index contributed by atoms with van der Waals surface area (Å²) in [6.07, 6.45) is 3.50. The summed E-state index contributed by atoms with van der Waals surface area (Å²) in [6, 6.07) is 7.77. The maximum atomic E-state index is 13.2. The highest BCUT2D eigenvalue weighted by atomic mass is 32.2. The minimum atomic E-state index is -0.415. The molecule has 1 aromatic heterocycles. The molecule has 0 bridgehead atoms. The molecule has 0 saturated carbocycles. The third kappa shape index (κ3) is 2.33. The summed E-state index contributed by atoms with van der Waals surface area (Å²) in [5, 5.41) is 0.305. The molecule has 15 heavy (non-hydrogen) atoms. The summed E-state index contributed by atoms with van der Waals surface area (Å²) in [4.78, 5) is 8.24. The van der Waals surface area contributed by atoms with Crippen molar-refractivity contribution >= 4 is 11.8 Å². The molecule has 0 N–H and O–H groups in total. The van der Waals surface area contributed by atoms with E-state index in [-0.39, 0.29) is 0 Å². The second kappa shape index (κ2) is 4.40. The van der Waals surface area contributed by atoms with Crippen molar-refractivity contribution in [2.24, 2.45) is 0 Å². The first-order valence-electron chi connectivity index (χ1n) is 4.39. The summed E-state index contributed by atoms with van der Waals surface area (Å²) in [5.74, 6) is -0.415. The molecule has 2 rings (SSSR count). The Morgan fingerprint density at radius 3 is 2.87 bits per heavy atom. The zero-order valence-electron chi connectivity index (χ0n) is 8.07. The van der Waals surface area contributed by atoms with Crippen LogP contribution in [0.1, 0.15) is 5.56 Å². The van der Waals surface area contributed by atoms with Crippen LogP contribution in [0.15, 0.2) is 40.4 Å². The van der Waals surface area contributed by atoms with Gasteiger partial charge in [0.1, 0.15) is 5.03 Å². The van der Waals surface area contributed by atoms with Crippen molar-refractivity contribution in [1.29, 1.82) is 0 Å². The number of hydrogen-bond acceptors (Lipinski definition) is 3. The quantitative estimate of drug-likeness (QED) is 0.726. The van der Waals surface area contributed by atoms with Gasteiger partial charge in [-0.2, -0.15) is 0 Å². The van der Waals surface area contributed by atoms with Crippen LogP contribution < -0.4 is 0 Å². The van der Waals surface area contributed by atoms with E-state index in [1.54, 1.807) is 0 Å². The molecule has 0 aliphatic heterocycles. The van der Waals surface area contributed by atoms with E-state index in [4.69, 9.17) is 0 Å². The van der Waals surface area contributed by atoms with Crippen LogP contribution in [-0.2, 0) is 0 Å². The Kier molecular flexibility index (Phi) is 2.97. The number of rotatable bonds is 2. The van der Waals surface area contributed by atoms with Gasteiger partial charge in [-0.05, 0) is 18.6 Å². The maximum Gasteiger partial charge on any atom is 0.199 e. The first-order chi connectivity index (χ1) is 7.27. The number of benzene rings is 1. The molecule has 2 aromatic rings. The van der Waals surface area contributed by atoms with Crippen molar-refractivity contribution in [1.82, 2.24) is 9.97 Å². The van der Waals surface area contributed by atoms with E-state index in [0.29, 0.717) is 5.03 Å². The van der Waals surface area contributed by atoms with Crippen LogP contribution in [0.5, 0.6) is 0 Å². The number of halogens is 1. The highest BCUT2D eigenvalue weighted by Gasteiger charge is 2.06. The molecule has 4 heteroatoms. The van der Waals surface area contributed by atoms with Gasteiger partial charge in [-0.3, -0.25) is 0 Å². The summed E-state index contributed by atoms with van der Waals surface area (Å²) >= 11 is 1.28. The van der Waals surface area contributed by atoms with Gasteiger partial charge in [-0.1, -0.05) is 30.0 Å². The third-order valence-electron chi connectivity index (χ3n) is 1.89. The number of hydrogen-bond donors (Lipinski definition) is 0. The lowest BCUT2D eigenvalue weighted by Gasteiger charge is -2.03. The van der Waals surface area contributed by atoms with E-state index in [1.165, 1.54) is 11.8 Å². The average molecular weight is 219 g/mol. The Labute approximate surface area is 91.6 Å². The highest BCUT2D eigenvalue weighted by molar-refractivity contribution is 7.99. The van der Waals surface area contributed by atoms with Crippen LogP contribution in [0.2, 0.25) is 0 Å². The van der Waals surface area contributed by atoms with Gasteiger partial charge in [-0.15, -0.1) is 0 Å². The average Bonchev–Trinajstić information content (AvgIpc) is 2.24. The van der Waals surface area contributed by atoms with E-state index in [1.807, 2.05) is 31.2 Å². The predicted octanol–water partition coefficient (Wildman–Crippen LogP) is 2.88. The van der Waals surface area contributed by atoms with Gasteiger partial charge < -0.3 is 0 Å². The molecule has 1 aromatic carbocycles. The fraction of sp³-hybridized carbons (Fsp3) is 0.0909. The number of nitrogens with zero attached hydrogens (tertiary/aromatic N) is 2. The first-order valence-corrected chi connectivity index (χ1v) is 5.21. The molecular weight excluding hydrogens is 211 g/mol. The topological polar surface area (TPSA) is 25.8 Å². The monoisotopic (exact) mass is 219 g/mol. The van der Waals surface area contributed by atoms with E-state index in [0.717, 1.165) is 16.7 Å². The largest absolute Gasteiger partial charge is 0.231 e. The fourth-order valence-electron chi connectivity index (χ4n) is 1.12. The summed E-state index contributed by atoms with van der Waals surface area (Å²) in [6.45, 7) is 1.98. The van der Waals surface area contributed by atoms with E-state index in [2.05, 4.69) is 16.3 Å². The van der Waals surface area contributed by atoms with Crippen LogP contribution >= 0.6 is 11.8 Å². The molecule has 0 aliphatic carbocycles. The Hall–Kier alpha value is -1.42. The van der Waals surface area contributed by atoms with Crippen LogP contribution in [-0.4, -0.2) is 9.97 Å². The summed E-state index contributed by atoms with van der Waals surface area (Å²) < 4.78 is 13.2. The van der Waals surface area contributed by atoms with Crippen molar-refractivity contribution < 1.29 is 4.39 Å². The van der Waals surface area contributed by atoms with Crippen molar-refractivity contribution in [3.8, 4) is 0 Å². The SMILES string of the molecule is Cc1ccccc1Sc1n[c]ncc1F. The molecule has 0 atom stereocenters. The van der Waals surface area contributed by atoms with Crippen molar-refractivity contribution in [2.75, 3.05) is 0 Å². The molecule has 0 spiro atoms. The Balaban J connectivity index is 2.30. The number of aryl methyl sites for hydroxylation is 1. The second-order valence-electron chi connectivity index (χ2n) is 2.99. The smallest absolute Gasteiger partial charge is 0.199 e. The predicted molar refractivity (Wildman–Crippen MR) is 56.1 cm³/mol. The Morgan fingerprint density at radius 2 is 2.13 bits per heavy atom. The summed E-state index contributed by atoms with van der Waals surface area (Å²) in [7, 11) is 0. The normalized spacial score (nSPS) is 10.3. The number of aromatic nitrogens is 2. The van der Waals surface area contributed by atoms with E-state index < -0.39 is 5.82 Å².